The van der Waals surface area contributed by atoms with Crippen LogP contribution in [0.25, 0.3) is 0 Å². The summed E-state index contributed by atoms with van der Waals surface area (Å²) in [5.74, 6) is 0.147. The van der Waals surface area contributed by atoms with Crippen molar-refractivity contribution in [2.75, 3.05) is 11.4 Å². The number of aliphatic carboxylic acids is 1. The van der Waals surface area contributed by atoms with Crippen LogP contribution in [0.15, 0.2) is 0 Å². The Bertz CT molecular complexity index is 394. The van der Waals surface area contributed by atoms with Crippen LogP contribution in [0, 0.1) is 0 Å². The van der Waals surface area contributed by atoms with Crippen molar-refractivity contribution < 1.29 is 9.90 Å². The molecular formula is C11H17N3O2S. The van der Waals surface area contributed by atoms with E-state index in [0.29, 0.717) is 0 Å². The molecule has 94 valence electrons. The molecule has 1 N–H and O–H groups in total. The molecule has 0 radical (unpaired) electrons. The van der Waals surface area contributed by atoms with Gasteiger partial charge in [0.2, 0.25) is 5.13 Å². The van der Waals surface area contributed by atoms with Crippen LogP contribution in [0.2, 0.25) is 0 Å². The highest BCUT2D eigenvalue weighted by molar-refractivity contribution is 7.09. The Morgan fingerprint density at radius 3 is 3.18 bits per heavy atom. The minimum absolute atomic E-state index is 0.0925. The summed E-state index contributed by atoms with van der Waals surface area (Å²) in [6, 6.07) is 0.0925. The van der Waals surface area contributed by atoms with E-state index in [1.54, 1.807) is 0 Å². The molecule has 0 spiro atoms. The van der Waals surface area contributed by atoms with E-state index in [1.807, 2.05) is 0 Å². The molecule has 2 rings (SSSR count). The van der Waals surface area contributed by atoms with Gasteiger partial charge in [0.15, 0.2) is 0 Å². The number of aromatic nitrogens is 2. The number of hydrogen-bond acceptors (Lipinski definition) is 5. The van der Waals surface area contributed by atoms with Crippen molar-refractivity contribution in [1.29, 1.82) is 0 Å². The quantitative estimate of drug-likeness (QED) is 0.871. The van der Waals surface area contributed by atoms with E-state index in [4.69, 9.17) is 5.11 Å². The van der Waals surface area contributed by atoms with Crippen LogP contribution in [0.5, 0.6) is 0 Å². The van der Waals surface area contributed by atoms with Gasteiger partial charge in [-0.3, -0.25) is 4.79 Å². The summed E-state index contributed by atoms with van der Waals surface area (Å²) in [6.07, 6.45) is 4.11. The third-order valence-electron chi connectivity index (χ3n) is 2.96. The largest absolute Gasteiger partial charge is 0.481 e. The summed E-state index contributed by atoms with van der Waals surface area (Å²) < 4.78 is 4.31. The molecule has 0 bridgehead atoms. The number of rotatable bonds is 5. The smallest absolute Gasteiger partial charge is 0.305 e. The minimum atomic E-state index is -0.736. The van der Waals surface area contributed by atoms with Crippen molar-refractivity contribution in [1.82, 2.24) is 9.36 Å². The highest BCUT2D eigenvalue weighted by Crippen LogP contribution is 2.28. The maximum Gasteiger partial charge on any atom is 0.305 e. The molecule has 0 amide bonds. The van der Waals surface area contributed by atoms with E-state index < -0.39 is 5.97 Å². The summed E-state index contributed by atoms with van der Waals surface area (Å²) in [5, 5.41) is 9.76. The van der Waals surface area contributed by atoms with Crippen molar-refractivity contribution in [2.45, 2.75) is 45.1 Å². The van der Waals surface area contributed by atoms with Gasteiger partial charge >= 0.3 is 5.97 Å². The van der Waals surface area contributed by atoms with Crippen LogP contribution in [0.1, 0.15) is 38.4 Å². The molecule has 1 aliphatic rings. The fourth-order valence-electron chi connectivity index (χ4n) is 2.19. The van der Waals surface area contributed by atoms with Crippen LogP contribution in [-0.4, -0.2) is 33.0 Å². The zero-order valence-corrected chi connectivity index (χ0v) is 10.7. The number of carboxylic acids is 1. The second kappa shape index (κ2) is 5.44. The van der Waals surface area contributed by atoms with Gasteiger partial charge in [0, 0.05) is 30.5 Å². The van der Waals surface area contributed by atoms with E-state index in [9.17, 15) is 4.79 Å². The van der Waals surface area contributed by atoms with Crippen molar-refractivity contribution in [2.24, 2.45) is 0 Å². The molecule has 1 atom stereocenters. The van der Waals surface area contributed by atoms with Crippen molar-refractivity contribution in [3.63, 3.8) is 0 Å². The summed E-state index contributed by atoms with van der Waals surface area (Å²) in [6.45, 7) is 3.00. The van der Waals surface area contributed by atoms with Crippen LogP contribution in [-0.2, 0) is 11.2 Å². The molecule has 1 aliphatic heterocycles. The monoisotopic (exact) mass is 255 g/mol. The molecule has 5 nitrogen and oxygen atoms in total. The van der Waals surface area contributed by atoms with Gasteiger partial charge in [0.25, 0.3) is 0 Å². The van der Waals surface area contributed by atoms with Gasteiger partial charge in [-0.2, -0.15) is 4.37 Å². The highest BCUT2D eigenvalue weighted by atomic mass is 32.1. The van der Waals surface area contributed by atoms with E-state index in [2.05, 4.69) is 21.2 Å². The summed E-state index contributed by atoms with van der Waals surface area (Å²) in [4.78, 5) is 17.4. The summed E-state index contributed by atoms with van der Waals surface area (Å²) in [7, 11) is 0. The topological polar surface area (TPSA) is 66.3 Å². The van der Waals surface area contributed by atoms with Gasteiger partial charge in [-0.15, -0.1) is 0 Å². The van der Waals surface area contributed by atoms with Crippen LogP contribution >= 0.6 is 11.5 Å². The van der Waals surface area contributed by atoms with Crippen molar-refractivity contribution in [3.05, 3.63) is 5.82 Å². The SMILES string of the molecule is CCCc1nsc(N2CCCC2CC(=O)O)n1. The normalized spacial score (nSPS) is 19.8. The number of carboxylic acid groups (broad SMARTS) is 1. The lowest BCUT2D eigenvalue weighted by molar-refractivity contribution is -0.137. The van der Waals surface area contributed by atoms with Gasteiger partial charge in [-0.1, -0.05) is 6.92 Å². The maximum absolute atomic E-state index is 10.8. The zero-order valence-electron chi connectivity index (χ0n) is 9.93. The third kappa shape index (κ3) is 2.94. The number of nitrogens with zero attached hydrogens (tertiary/aromatic N) is 3. The minimum Gasteiger partial charge on any atom is -0.481 e. The average Bonchev–Trinajstić information content (AvgIpc) is 2.86. The van der Waals surface area contributed by atoms with Crippen molar-refractivity contribution >= 4 is 22.6 Å². The second-order valence-electron chi connectivity index (χ2n) is 4.33. The Kier molecular flexibility index (Phi) is 3.93. The first-order valence-corrected chi connectivity index (χ1v) is 6.79. The molecule has 1 unspecified atom stereocenters. The van der Waals surface area contributed by atoms with Crippen LogP contribution in [0.3, 0.4) is 0 Å². The van der Waals surface area contributed by atoms with Gasteiger partial charge in [0.1, 0.15) is 5.82 Å². The fourth-order valence-corrected chi connectivity index (χ4v) is 3.00. The van der Waals surface area contributed by atoms with E-state index in [1.165, 1.54) is 11.5 Å². The predicted octanol–water partition coefficient (Wildman–Crippen LogP) is 1.93. The summed E-state index contributed by atoms with van der Waals surface area (Å²) in [5.41, 5.74) is 0. The zero-order chi connectivity index (χ0) is 12.3. The molecule has 1 aromatic rings. The molecule has 2 heterocycles. The lowest BCUT2D eigenvalue weighted by Gasteiger charge is -2.21. The van der Waals surface area contributed by atoms with Crippen LogP contribution in [0.4, 0.5) is 5.13 Å². The molecule has 6 heteroatoms. The molecule has 1 fully saturated rings. The Morgan fingerprint density at radius 1 is 1.65 bits per heavy atom. The predicted molar refractivity (Wildman–Crippen MR) is 66.5 cm³/mol. The van der Waals surface area contributed by atoms with Gasteiger partial charge in [-0.05, 0) is 19.3 Å². The highest BCUT2D eigenvalue weighted by Gasteiger charge is 2.28. The van der Waals surface area contributed by atoms with Crippen molar-refractivity contribution in [3.8, 4) is 0 Å². The molecule has 0 aromatic carbocycles. The summed E-state index contributed by atoms with van der Waals surface area (Å²) >= 11 is 1.39. The molecule has 0 aliphatic carbocycles. The van der Waals surface area contributed by atoms with Gasteiger partial charge in [-0.25, -0.2) is 4.98 Å². The molecule has 0 saturated carbocycles. The van der Waals surface area contributed by atoms with E-state index in [-0.39, 0.29) is 12.5 Å². The Hall–Kier alpha value is -1.17. The first-order chi connectivity index (χ1) is 8.20. The molecule has 17 heavy (non-hydrogen) atoms. The Balaban J connectivity index is 2.06. The first kappa shape index (κ1) is 12.3. The fraction of sp³-hybridized carbons (Fsp3) is 0.727. The van der Waals surface area contributed by atoms with E-state index >= 15 is 0 Å². The Morgan fingerprint density at radius 2 is 2.47 bits per heavy atom. The average molecular weight is 255 g/mol. The van der Waals surface area contributed by atoms with Gasteiger partial charge in [0.05, 0.1) is 6.42 Å². The van der Waals surface area contributed by atoms with Gasteiger partial charge < -0.3 is 10.0 Å². The number of anilines is 1. The number of carbonyl (C=O) groups is 1. The first-order valence-electron chi connectivity index (χ1n) is 6.01. The van der Waals surface area contributed by atoms with E-state index in [0.717, 1.165) is 43.2 Å². The lowest BCUT2D eigenvalue weighted by atomic mass is 10.1. The Labute approximate surface area is 105 Å². The molecule has 1 saturated heterocycles. The lowest BCUT2D eigenvalue weighted by Crippen LogP contribution is -2.31. The molecule has 1 aromatic heterocycles. The number of hydrogen-bond donors (Lipinski definition) is 1. The molecular weight excluding hydrogens is 238 g/mol. The second-order valence-corrected chi connectivity index (χ2v) is 5.06. The van der Waals surface area contributed by atoms with Crippen LogP contribution < -0.4 is 4.90 Å². The third-order valence-corrected chi connectivity index (χ3v) is 3.76. The number of aryl methyl sites for hydroxylation is 1. The maximum atomic E-state index is 10.8. The standard InChI is InChI=1S/C11H17N3O2S/c1-2-4-9-12-11(17-13-9)14-6-3-5-8(14)7-10(15)16/h8H,2-7H2,1H3,(H,15,16).